The number of benzene rings is 3. The van der Waals surface area contributed by atoms with Crippen molar-refractivity contribution in [1.82, 2.24) is 19.8 Å². The standard InChI is InChI=1S/C24H21N5O/c1-16-9-3-5-11-18(16)22-24-26-23(25-15-17-10-4-8-14-21(17)30-2)19-12-6-7-13-20(19)29(24)28-27-22/h3-14H,15H2,1-2H3,(H,25,26). The summed E-state index contributed by atoms with van der Waals surface area (Å²) in [5.74, 6) is 1.64. The van der Waals surface area contributed by atoms with Gasteiger partial charge in [0.25, 0.3) is 0 Å². The molecule has 1 N–H and O–H groups in total. The Morgan fingerprint density at radius 3 is 2.57 bits per heavy atom. The van der Waals surface area contributed by atoms with Crippen LogP contribution < -0.4 is 10.1 Å². The maximum atomic E-state index is 5.48. The van der Waals surface area contributed by atoms with Crippen molar-refractivity contribution in [2.24, 2.45) is 0 Å². The van der Waals surface area contributed by atoms with Crippen LogP contribution in [0.2, 0.25) is 0 Å². The van der Waals surface area contributed by atoms with E-state index in [2.05, 4.69) is 34.7 Å². The molecular formula is C24H21N5O. The summed E-state index contributed by atoms with van der Waals surface area (Å²) in [5, 5.41) is 13.4. The first-order valence-electron chi connectivity index (χ1n) is 9.82. The van der Waals surface area contributed by atoms with Gasteiger partial charge in [0.1, 0.15) is 17.3 Å². The van der Waals surface area contributed by atoms with Gasteiger partial charge in [0.15, 0.2) is 5.65 Å². The van der Waals surface area contributed by atoms with E-state index >= 15 is 0 Å². The van der Waals surface area contributed by atoms with Crippen molar-refractivity contribution < 1.29 is 4.74 Å². The molecule has 6 heteroatoms. The predicted molar refractivity (Wildman–Crippen MR) is 119 cm³/mol. The Kier molecular flexibility index (Phi) is 4.52. The molecule has 0 atom stereocenters. The van der Waals surface area contributed by atoms with Crippen molar-refractivity contribution in [2.75, 3.05) is 12.4 Å². The van der Waals surface area contributed by atoms with E-state index < -0.39 is 0 Å². The Morgan fingerprint density at radius 2 is 1.70 bits per heavy atom. The molecule has 3 aromatic carbocycles. The highest BCUT2D eigenvalue weighted by Gasteiger charge is 2.17. The first kappa shape index (κ1) is 18.1. The fraction of sp³-hybridized carbons (Fsp3) is 0.125. The van der Waals surface area contributed by atoms with Gasteiger partial charge >= 0.3 is 0 Å². The van der Waals surface area contributed by atoms with Crippen LogP contribution in [0.15, 0.2) is 72.8 Å². The summed E-state index contributed by atoms with van der Waals surface area (Å²) >= 11 is 0. The smallest absolute Gasteiger partial charge is 0.186 e. The summed E-state index contributed by atoms with van der Waals surface area (Å²) in [5.41, 5.74) is 5.70. The van der Waals surface area contributed by atoms with E-state index in [0.717, 1.165) is 50.5 Å². The highest BCUT2D eigenvalue weighted by molar-refractivity contribution is 5.93. The maximum Gasteiger partial charge on any atom is 0.186 e. The number of methoxy groups -OCH3 is 1. The molecule has 0 aliphatic heterocycles. The van der Waals surface area contributed by atoms with Crippen molar-refractivity contribution in [2.45, 2.75) is 13.5 Å². The zero-order valence-electron chi connectivity index (χ0n) is 16.8. The van der Waals surface area contributed by atoms with Crippen LogP contribution in [0, 0.1) is 6.92 Å². The minimum absolute atomic E-state index is 0.596. The Labute approximate surface area is 174 Å². The lowest BCUT2D eigenvalue weighted by Crippen LogP contribution is -2.06. The van der Waals surface area contributed by atoms with E-state index in [1.807, 2.05) is 65.2 Å². The van der Waals surface area contributed by atoms with E-state index in [9.17, 15) is 0 Å². The number of nitrogens with zero attached hydrogens (tertiary/aromatic N) is 4. The molecule has 0 aliphatic carbocycles. The number of rotatable bonds is 5. The number of hydrogen-bond donors (Lipinski definition) is 1. The molecule has 0 bridgehead atoms. The van der Waals surface area contributed by atoms with E-state index in [1.165, 1.54) is 0 Å². The third kappa shape index (κ3) is 3.03. The fourth-order valence-corrected chi connectivity index (χ4v) is 3.74. The fourth-order valence-electron chi connectivity index (χ4n) is 3.74. The third-order valence-corrected chi connectivity index (χ3v) is 5.29. The van der Waals surface area contributed by atoms with E-state index in [1.54, 1.807) is 7.11 Å². The number of ether oxygens (including phenoxy) is 1. The second-order valence-corrected chi connectivity index (χ2v) is 7.13. The predicted octanol–water partition coefficient (Wildman–Crippen LogP) is 4.87. The Morgan fingerprint density at radius 1 is 0.933 bits per heavy atom. The second kappa shape index (κ2) is 7.48. The molecule has 0 spiro atoms. The summed E-state index contributed by atoms with van der Waals surface area (Å²) in [7, 11) is 1.69. The van der Waals surface area contributed by atoms with Crippen LogP contribution in [0.5, 0.6) is 5.75 Å². The van der Waals surface area contributed by atoms with Crippen LogP contribution in [0.1, 0.15) is 11.1 Å². The molecule has 0 saturated heterocycles. The highest BCUT2D eigenvalue weighted by Crippen LogP contribution is 2.30. The maximum absolute atomic E-state index is 5.48. The monoisotopic (exact) mass is 395 g/mol. The Bertz CT molecular complexity index is 1360. The lowest BCUT2D eigenvalue weighted by molar-refractivity contribution is 0.410. The molecule has 148 valence electrons. The molecule has 5 rings (SSSR count). The van der Waals surface area contributed by atoms with Gasteiger partial charge in [0, 0.05) is 23.1 Å². The quantitative estimate of drug-likeness (QED) is 0.460. The van der Waals surface area contributed by atoms with Gasteiger partial charge < -0.3 is 10.1 Å². The molecule has 0 saturated carbocycles. The number of anilines is 1. The normalized spacial score (nSPS) is 11.1. The van der Waals surface area contributed by atoms with Crippen LogP contribution in [0.25, 0.3) is 27.8 Å². The van der Waals surface area contributed by atoms with E-state index in [-0.39, 0.29) is 0 Å². The zero-order chi connectivity index (χ0) is 20.5. The number of aryl methyl sites for hydroxylation is 1. The summed E-state index contributed by atoms with van der Waals surface area (Å²) in [6.45, 7) is 2.67. The average Bonchev–Trinajstić information content (AvgIpc) is 3.22. The summed E-state index contributed by atoms with van der Waals surface area (Å²) < 4.78 is 7.30. The van der Waals surface area contributed by atoms with E-state index in [4.69, 9.17) is 9.72 Å². The topological polar surface area (TPSA) is 64.3 Å². The first-order valence-corrected chi connectivity index (χ1v) is 9.82. The second-order valence-electron chi connectivity index (χ2n) is 7.13. The zero-order valence-corrected chi connectivity index (χ0v) is 16.8. The van der Waals surface area contributed by atoms with Crippen LogP contribution in [0.4, 0.5) is 5.82 Å². The van der Waals surface area contributed by atoms with Crippen molar-refractivity contribution in [1.29, 1.82) is 0 Å². The highest BCUT2D eigenvalue weighted by atomic mass is 16.5. The van der Waals surface area contributed by atoms with E-state index in [0.29, 0.717) is 6.54 Å². The lowest BCUT2D eigenvalue weighted by Gasteiger charge is -2.12. The van der Waals surface area contributed by atoms with Gasteiger partial charge in [-0.15, -0.1) is 5.10 Å². The van der Waals surface area contributed by atoms with Gasteiger partial charge in [-0.25, -0.2) is 4.98 Å². The summed E-state index contributed by atoms with van der Waals surface area (Å²) in [6.07, 6.45) is 0. The van der Waals surface area contributed by atoms with Crippen LogP contribution in [-0.2, 0) is 6.54 Å². The SMILES string of the molecule is COc1ccccc1CNc1nc2c(-c3ccccc3C)nnn2c2ccccc12. The largest absolute Gasteiger partial charge is 0.496 e. The molecule has 5 aromatic rings. The van der Waals surface area contributed by atoms with Gasteiger partial charge in [-0.2, -0.15) is 4.52 Å². The van der Waals surface area contributed by atoms with Gasteiger partial charge in [-0.3, -0.25) is 0 Å². The number of para-hydroxylation sites is 2. The molecule has 0 fully saturated rings. The molecule has 0 aliphatic rings. The number of nitrogens with one attached hydrogen (secondary N) is 1. The Balaban J connectivity index is 1.65. The van der Waals surface area contributed by atoms with Crippen LogP contribution in [0.3, 0.4) is 0 Å². The minimum atomic E-state index is 0.596. The molecule has 6 nitrogen and oxygen atoms in total. The molecule has 0 unspecified atom stereocenters. The van der Waals surface area contributed by atoms with Gasteiger partial charge in [0.05, 0.1) is 12.6 Å². The first-order chi connectivity index (χ1) is 14.8. The number of aromatic nitrogens is 4. The number of hydrogen-bond acceptors (Lipinski definition) is 5. The van der Waals surface area contributed by atoms with Crippen molar-refractivity contribution >= 4 is 22.4 Å². The van der Waals surface area contributed by atoms with Crippen molar-refractivity contribution in [3.05, 3.63) is 83.9 Å². The van der Waals surface area contributed by atoms with Gasteiger partial charge in [0.2, 0.25) is 0 Å². The van der Waals surface area contributed by atoms with Crippen molar-refractivity contribution in [3.8, 4) is 17.0 Å². The van der Waals surface area contributed by atoms with Crippen LogP contribution >= 0.6 is 0 Å². The van der Waals surface area contributed by atoms with Gasteiger partial charge in [-0.1, -0.05) is 59.8 Å². The molecule has 0 radical (unpaired) electrons. The third-order valence-electron chi connectivity index (χ3n) is 5.29. The number of fused-ring (bicyclic) bond motifs is 3. The average molecular weight is 395 g/mol. The van der Waals surface area contributed by atoms with Crippen molar-refractivity contribution in [3.63, 3.8) is 0 Å². The molecule has 2 heterocycles. The molecular weight excluding hydrogens is 374 g/mol. The van der Waals surface area contributed by atoms with Crippen LogP contribution in [-0.4, -0.2) is 26.9 Å². The summed E-state index contributed by atoms with van der Waals surface area (Å²) in [6, 6.07) is 24.2. The molecule has 2 aromatic heterocycles. The minimum Gasteiger partial charge on any atom is -0.496 e. The lowest BCUT2D eigenvalue weighted by atomic mass is 10.1. The summed E-state index contributed by atoms with van der Waals surface area (Å²) in [4.78, 5) is 4.94. The molecule has 0 amide bonds. The molecule has 30 heavy (non-hydrogen) atoms. The van der Waals surface area contributed by atoms with Gasteiger partial charge in [-0.05, 0) is 30.7 Å². The Hall–Kier alpha value is -3.93.